The molecule has 64 heavy (non-hydrogen) atoms. The number of anilines is 6. The third-order valence-corrected chi connectivity index (χ3v) is 14.2. The van der Waals surface area contributed by atoms with Crippen molar-refractivity contribution >= 4 is 34.1 Å². The normalized spacial score (nSPS) is 14.3. The molecule has 0 spiro atoms. The summed E-state index contributed by atoms with van der Waals surface area (Å²) >= 11 is 0. The largest absolute Gasteiger partial charge is 0.310 e. The Morgan fingerprint density at radius 2 is 0.625 bits per heavy atom. The van der Waals surface area contributed by atoms with Gasteiger partial charge in [-0.15, -0.1) is 0 Å². The van der Waals surface area contributed by atoms with Crippen LogP contribution in [-0.4, -0.2) is 0 Å². The Kier molecular flexibility index (Phi) is 9.69. The fraction of sp³-hybridized carbons (Fsp3) is 0.226. The Morgan fingerprint density at radius 1 is 0.297 bits per heavy atom. The molecule has 2 heteroatoms. The summed E-state index contributed by atoms with van der Waals surface area (Å²) in [5.74, 6) is 0. The van der Waals surface area contributed by atoms with Crippen LogP contribution in [0.1, 0.15) is 103 Å². The maximum absolute atomic E-state index is 2.44. The molecule has 0 unspecified atom stereocenters. The first-order valence-electron chi connectivity index (χ1n) is 23.0. The Morgan fingerprint density at radius 3 is 1.00 bits per heavy atom. The van der Waals surface area contributed by atoms with E-state index in [1.54, 1.807) is 0 Å². The third kappa shape index (κ3) is 6.96. The van der Waals surface area contributed by atoms with E-state index in [0.717, 1.165) is 45.3 Å². The first kappa shape index (κ1) is 41.4. The molecule has 0 saturated heterocycles. The van der Waals surface area contributed by atoms with Crippen LogP contribution < -0.4 is 9.80 Å². The smallest absolute Gasteiger partial charge is 0.0467 e. The monoisotopic (exact) mass is 832 g/mol. The van der Waals surface area contributed by atoms with E-state index in [-0.39, 0.29) is 21.7 Å². The van der Waals surface area contributed by atoms with Crippen molar-refractivity contribution in [3.63, 3.8) is 0 Å². The SMILES string of the molecule is CC(C)(C)c1ccc(N(c2cccc(-c3cccc(N(c4ccc(C(C)(C)C)cc4)c4ccc5c(c4)C(C)(C)c4ccccc4-5)c3)c2)c2ccc3c(c2)C(C)(C)c2ccccc2-3)cc1. The first-order valence-corrected chi connectivity index (χ1v) is 23.0. The molecule has 0 radical (unpaired) electrons. The van der Waals surface area contributed by atoms with Crippen LogP contribution in [0.4, 0.5) is 34.1 Å². The third-order valence-electron chi connectivity index (χ3n) is 14.2. The highest BCUT2D eigenvalue weighted by Crippen LogP contribution is 2.52. The quantitative estimate of drug-likeness (QED) is 0.158. The van der Waals surface area contributed by atoms with Crippen molar-refractivity contribution in [3.05, 3.63) is 215 Å². The summed E-state index contributed by atoms with van der Waals surface area (Å²) < 4.78 is 0. The molecule has 0 atom stereocenters. The second-order valence-corrected chi connectivity index (χ2v) is 21.2. The van der Waals surface area contributed by atoms with Gasteiger partial charge < -0.3 is 9.80 Å². The summed E-state index contributed by atoms with van der Waals surface area (Å²) in [4.78, 5) is 4.87. The van der Waals surface area contributed by atoms with Gasteiger partial charge >= 0.3 is 0 Å². The molecule has 0 aliphatic heterocycles. The van der Waals surface area contributed by atoms with E-state index in [4.69, 9.17) is 0 Å². The van der Waals surface area contributed by atoms with Gasteiger partial charge in [0, 0.05) is 45.0 Å². The standard InChI is InChI=1S/C62H60N2/c1-59(2,3)43-25-29-45(30-26-43)63(49-33-35-53-51-21-11-13-23-55(51)61(7,8)57(53)39-49)47-19-15-17-41(37-47)42-18-16-20-48(38-42)64(46-31-27-44(28-32-46)60(4,5)6)50-34-36-54-52-22-12-14-24-56(52)62(9,10)58(54)40-50/h11-40H,1-10H3. The Hall–Kier alpha value is -6.64. The summed E-state index contributed by atoms with van der Waals surface area (Å²) in [7, 11) is 0. The fourth-order valence-electron chi connectivity index (χ4n) is 10.4. The molecule has 8 aromatic rings. The van der Waals surface area contributed by atoms with Crippen molar-refractivity contribution in [3.8, 4) is 33.4 Å². The Balaban J connectivity index is 1.08. The van der Waals surface area contributed by atoms with Crippen LogP contribution in [0.15, 0.2) is 182 Å². The van der Waals surface area contributed by atoms with E-state index < -0.39 is 0 Å². The Bertz CT molecular complexity index is 2850. The van der Waals surface area contributed by atoms with Crippen molar-refractivity contribution in [2.45, 2.75) is 90.9 Å². The highest BCUT2D eigenvalue weighted by atomic mass is 15.1. The van der Waals surface area contributed by atoms with E-state index in [2.05, 4.69) is 261 Å². The van der Waals surface area contributed by atoms with E-state index in [0.29, 0.717) is 0 Å². The fourth-order valence-corrected chi connectivity index (χ4v) is 10.4. The van der Waals surface area contributed by atoms with Gasteiger partial charge in [0.1, 0.15) is 0 Å². The van der Waals surface area contributed by atoms with Gasteiger partial charge in [0.15, 0.2) is 0 Å². The second kappa shape index (κ2) is 15.0. The zero-order valence-electron chi connectivity index (χ0n) is 39.2. The molecule has 0 amide bonds. The molecule has 10 rings (SSSR count). The molecular formula is C62H60N2. The van der Waals surface area contributed by atoms with Crippen LogP contribution in [-0.2, 0) is 21.7 Å². The molecule has 2 aliphatic carbocycles. The van der Waals surface area contributed by atoms with Crippen molar-refractivity contribution < 1.29 is 0 Å². The molecule has 2 aliphatic rings. The van der Waals surface area contributed by atoms with Gasteiger partial charge in [0.25, 0.3) is 0 Å². The molecule has 0 N–H and O–H groups in total. The van der Waals surface area contributed by atoms with Gasteiger partial charge in [-0.25, -0.2) is 0 Å². The highest BCUT2D eigenvalue weighted by molar-refractivity contribution is 5.89. The molecule has 8 aromatic carbocycles. The van der Waals surface area contributed by atoms with Crippen molar-refractivity contribution in [1.82, 2.24) is 0 Å². The lowest BCUT2D eigenvalue weighted by molar-refractivity contribution is 0.590. The number of fused-ring (bicyclic) bond motifs is 6. The molecular weight excluding hydrogens is 773 g/mol. The summed E-state index contributed by atoms with van der Waals surface area (Å²) in [6, 6.07) is 68.5. The summed E-state index contributed by atoms with van der Waals surface area (Å²) in [5, 5.41) is 0. The van der Waals surface area contributed by atoms with Gasteiger partial charge in [-0.2, -0.15) is 0 Å². The van der Waals surface area contributed by atoms with Gasteiger partial charge in [-0.05, 0) is 150 Å². The van der Waals surface area contributed by atoms with Crippen LogP contribution in [0.5, 0.6) is 0 Å². The molecule has 0 heterocycles. The minimum atomic E-state index is -0.108. The maximum atomic E-state index is 2.44. The van der Waals surface area contributed by atoms with Crippen LogP contribution in [0.2, 0.25) is 0 Å². The van der Waals surface area contributed by atoms with Gasteiger partial charge in [0.2, 0.25) is 0 Å². The molecule has 0 aromatic heterocycles. The molecule has 0 saturated carbocycles. The first-order chi connectivity index (χ1) is 30.5. The summed E-state index contributed by atoms with van der Waals surface area (Å²) in [6.45, 7) is 23.1. The highest BCUT2D eigenvalue weighted by Gasteiger charge is 2.37. The number of nitrogens with zero attached hydrogens (tertiary/aromatic N) is 2. The second-order valence-electron chi connectivity index (χ2n) is 21.2. The van der Waals surface area contributed by atoms with Crippen molar-refractivity contribution in [2.75, 3.05) is 9.80 Å². The minimum absolute atomic E-state index is 0.0567. The predicted octanol–water partition coefficient (Wildman–Crippen LogP) is 17.5. The van der Waals surface area contributed by atoms with E-state index >= 15 is 0 Å². The topological polar surface area (TPSA) is 6.48 Å². The van der Waals surface area contributed by atoms with Crippen LogP contribution in [0.3, 0.4) is 0 Å². The lowest BCUT2D eigenvalue weighted by Gasteiger charge is -2.30. The average molecular weight is 833 g/mol. The average Bonchev–Trinajstić information content (AvgIpc) is 3.65. The van der Waals surface area contributed by atoms with Crippen LogP contribution >= 0.6 is 0 Å². The van der Waals surface area contributed by atoms with Crippen LogP contribution in [0.25, 0.3) is 33.4 Å². The zero-order chi connectivity index (χ0) is 44.8. The van der Waals surface area contributed by atoms with Crippen LogP contribution in [0, 0.1) is 0 Å². The predicted molar refractivity (Wildman–Crippen MR) is 274 cm³/mol. The minimum Gasteiger partial charge on any atom is -0.310 e. The van der Waals surface area contributed by atoms with E-state index in [9.17, 15) is 0 Å². The molecule has 2 nitrogen and oxygen atoms in total. The van der Waals surface area contributed by atoms with Gasteiger partial charge in [-0.3, -0.25) is 0 Å². The lowest BCUT2D eigenvalue weighted by Crippen LogP contribution is -2.17. The van der Waals surface area contributed by atoms with Gasteiger partial charge in [0.05, 0.1) is 0 Å². The molecule has 0 bridgehead atoms. The molecule has 0 fully saturated rings. The summed E-state index contributed by atoms with van der Waals surface area (Å²) in [5.41, 5.74) is 22.5. The maximum Gasteiger partial charge on any atom is 0.0467 e. The van der Waals surface area contributed by atoms with Crippen molar-refractivity contribution in [1.29, 1.82) is 0 Å². The lowest BCUT2D eigenvalue weighted by atomic mass is 9.82. The number of rotatable bonds is 7. The number of hydrogen-bond acceptors (Lipinski definition) is 2. The Labute approximate surface area is 381 Å². The molecule has 318 valence electrons. The number of benzene rings is 8. The van der Waals surface area contributed by atoms with E-state index in [1.165, 1.54) is 55.6 Å². The van der Waals surface area contributed by atoms with E-state index in [1.807, 2.05) is 0 Å². The number of hydrogen-bond donors (Lipinski definition) is 0. The summed E-state index contributed by atoms with van der Waals surface area (Å²) in [6.07, 6.45) is 0. The van der Waals surface area contributed by atoms with Gasteiger partial charge in [-0.1, -0.05) is 178 Å². The zero-order valence-corrected chi connectivity index (χ0v) is 39.2. The van der Waals surface area contributed by atoms with Crippen molar-refractivity contribution in [2.24, 2.45) is 0 Å².